The van der Waals surface area contributed by atoms with Crippen LogP contribution in [0.4, 0.5) is 5.69 Å². The maximum atomic E-state index is 11.2. The molecule has 0 aliphatic carbocycles. The average molecular weight is 208 g/mol. The van der Waals surface area contributed by atoms with E-state index in [1.165, 1.54) is 0 Å². The molecule has 0 unspecified atom stereocenters. The molecular formula is C10H12N2O3. The molecule has 0 saturated heterocycles. The van der Waals surface area contributed by atoms with Gasteiger partial charge in [-0.05, 0) is 12.1 Å². The van der Waals surface area contributed by atoms with Gasteiger partial charge in [0.05, 0.1) is 0 Å². The molecule has 0 spiro atoms. The van der Waals surface area contributed by atoms with Gasteiger partial charge in [0.15, 0.2) is 11.5 Å². The van der Waals surface area contributed by atoms with Crippen LogP contribution in [-0.2, 0) is 4.79 Å². The lowest BCUT2D eigenvalue weighted by atomic mass is 10.2. The molecule has 80 valence electrons. The van der Waals surface area contributed by atoms with E-state index in [-0.39, 0.29) is 12.7 Å². The number of anilines is 1. The predicted molar refractivity (Wildman–Crippen MR) is 54.9 cm³/mol. The number of benzene rings is 1. The van der Waals surface area contributed by atoms with Gasteiger partial charge in [0.1, 0.15) is 0 Å². The van der Waals surface area contributed by atoms with Crippen LogP contribution in [0.5, 0.6) is 11.5 Å². The number of hydrogen-bond acceptors (Lipinski definition) is 4. The summed E-state index contributed by atoms with van der Waals surface area (Å²) in [6.45, 7) is 0.575. The summed E-state index contributed by atoms with van der Waals surface area (Å²) in [6.07, 6.45) is 0.314. The smallest absolute Gasteiger partial charge is 0.231 e. The van der Waals surface area contributed by atoms with Crippen molar-refractivity contribution in [1.82, 2.24) is 0 Å². The lowest BCUT2D eigenvalue weighted by Gasteiger charge is -2.04. The van der Waals surface area contributed by atoms with Crippen molar-refractivity contribution < 1.29 is 14.3 Å². The molecule has 0 saturated carbocycles. The van der Waals surface area contributed by atoms with Crippen LogP contribution in [0.1, 0.15) is 6.42 Å². The van der Waals surface area contributed by atoms with E-state index in [2.05, 4.69) is 5.32 Å². The molecule has 1 aliphatic rings. The molecule has 3 N–H and O–H groups in total. The normalized spacial score (nSPS) is 12.6. The van der Waals surface area contributed by atoms with Crippen molar-refractivity contribution in [2.75, 3.05) is 18.7 Å². The van der Waals surface area contributed by atoms with Gasteiger partial charge in [-0.2, -0.15) is 0 Å². The Labute approximate surface area is 87.2 Å². The SMILES string of the molecule is NCCC(=O)Nc1ccc2c(c1)OCO2. The van der Waals surface area contributed by atoms with Gasteiger partial charge in [-0.15, -0.1) is 0 Å². The van der Waals surface area contributed by atoms with Crippen LogP contribution in [0.15, 0.2) is 18.2 Å². The summed E-state index contributed by atoms with van der Waals surface area (Å²) >= 11 is 0. The number of nitrogens with one attached hydrogen (secondary N) is 1. The first-order valence-electron chi connectivity index (χ1n) is 4.69. The van der Waals surface area contributed by atoms with Gasteiger partial charge in [-0.1, -0.05) is 0 Å². The molecule has 15 heavy (non-hydrogen) atoms. The van der Waals surface area contributed by atoms with Crippen molar-refractivity contribution in [3.05, 3.63) is 18.2 Å². The third-order valence-corrected chi connectivity index (χ3v) is 2.03. The summed E-state index contributed by atoms with van der Waals surface area (Å²) < 4.78 is 10.3. The topological polar surface area (TPSA) is 73.6 Å². The number of ether oxygens (including phenoxy) is 2. The highest BCUT2D eigenvalue weighted by molar-refractivity contribution is 5.91. The first-order valence-corrected chi connectivity index (χ1v) is 4.69. The third-order valence-electron chi connectivity index (χ3n) is 2.03. The van der Waals surface area contributed by atoms with Crippen molar-refractivity contribution in [3.63, 3.8) is 0 Å². The highest BCUT2D eigenvalue weighted by Gasteiger charge is 2.13. The van der Waals surface area contributed by atoms with Crippen molar-refractivity contribution in [3.8, 4) is 11.5 Å². The van der Waals surface area contributed by atoms with Crippen molar-refractivity contribution in [1.29, 1.82) is 0 Å². The minimum atomic E-state index is -0.101. The van der Waals surface area contributed by atoms with Crippen LogP contribution in [0.3, 0.4) is 0 Å². The quantitative estimate of drug-likeness (QED) is 0.767. The second kappa shape index (κ2) is 4.18. The minimum absolute atomic E-state index is 0.101. The number of amides is 1. The summed E-state index contributed by atoms with van der Waals surface area (Å²) in [5, 5.41) is 2.72. The molecular weight excluding hydrogens is 196 g/mol. The van der Waals surface area contributed by atoms with Crippen LogP contribution in [-0.4, -0.2) is 19.2 Å². The van der Waals surface area contributed by atoms with Crippen LogP contribution in [0.2, 0.25) is 0 Å². The van der Waals surface area contributed by atoms with E-state index in [1.807, 2.05) is 0 Å². The van der Waals surface area contributed by atoms with Crippen molar-refractivity contribution >= 4 is 11.6 Å². The summed E-state index contributed by atoms with van der Waals surface area (Å²) in [5.74, 6) is 1.25. The standard InChI is InChI=1S/C10H12N2O3/c11-4-3-10(13)12-7-1-2-8-9(5-7)15-6-14-8/h1-2,5H,3-4,6,11H2,(H,12,13). The molecule has 0 aromatic heterocycles. The Bertz CT molecular complexity index is 379. The largest absolute Gasteiger partial charge is 0.454 e. The molecule has 0 fully saturated rings. The molecule has 2 rings (SSSR count). The van der Waals surface area contributed by atoms with Crippen LogP contribution in [0.25, 0.3) is 0 Å². The second-order valence-electron chi connectivity index (χ2n) is 3.15. The van der Waals surface area contributed by atoms with E-state index in [0.29, 0.717) is 30.2 Å². The lowest BCUT2D eigenvalue weighted by molar-refractivity contribution is -0.116. The molecule has 0 bridgehead atoms. The van der Waals surface area contributed by atoms with Crippen LogP contribution >= 0.6 is 0 Å². The maximum absolute atomic E-state index is 11.2. The Balaban J connectivity index is 2.06. The molecule has 1 heterocycles. The molecule has 0 radical (unpaired) electrons. The Morgan fingerprint density at radius 2 is 2.20 bits per heavy atom. The number of hydrogen-bond donors (Lipinski definition) is 2. The Morgan fingerprint density at radius 3 is 3.00 bits per heavy atom. The monoisotopic (exact) mass is 208 g/mol. The molecule has 1 aromatic carbocycles. The van der Waals surface area contributed by atoms with Gasteiger partial charge in [0.2, 0.25) is 12.7 Å². The first-order chi connectivity index (χ1) is 7.29. The lowest BCUT2D eigenvalue weighted by Crippen LogP contribution is -2.16. The molecule has 5 nitrogen and oxygen atoms in total. The predicted octanol–water partition coefficient (Wildman–Crippen LogP) is 0.703. The van der Waals surface area contributed by atoms with Gasteiger partial charge in [-0.3, -0.25) is 4.79 Å². The molecule has 0 atom stereocenters. The number of carbonyl (C=O) groups excluding carboxylic acids is 1. The van der Waals surface area contributed by atoms with Crippen molar-refractivity contribution in [2.24, 2.45) is 5.73 Å². The summed E-state index contributed by atoms with van der Waals surface area (Å²) in [6, 6.07) is 5.26. The van der Waals surface area contributed by atoms with Gasteiger partial charge >= 0.3 is 0 Å². The number of rotatable bonds is 3. The average Bonchev–Trinajstić information content (AvgIpc) is 2.65. The van der Waals surface area contributed by atoms with Gasteiger partial charge in [0, 0.05) is 24.7 Å². The third kappa shape index (κ3) is 2.19. The number of fused-ring (bicyclic) bond motifs is 1. The molecule has 1 aliphatic heterocycles. The van der Waals surface area contributed by atoms with E-state index in [9.17, 15) is 4.79 Å². The fraction of sp³-hybridized carbons (Fsp3) is 0.300. The minimum Gasteiger partial charge on any atom is -0.454 e. The first kappa shape index (κ1) is 9.79. The number of carbonyl (C=O) groups is 1. The Kier molecular flexibility index (Phi) is 2.73. The fourth-order valence-electron chi connectivity index (χ4n) is 1.33. The van der Waals surface area contributed by atoms with Crippen LogP contribution in [0, 0.1) is 0 Å². The maximum Gasteiger partial charge on any atom is 0.231 e. The van der Waals surface area contributed by atoms with Gasteiger partial charge in [-0.25, -0.2) is 0 Å². The summed E-state index contributed by atoms with van der Waals surface area (Å²) in [5.41, 5.74) is 5.96. The van der Waals surface area contributed by atoms with E-state index in [1.54, 1.807) is 18.2 Å². The zero-order chi connectivity index (χ0) is 10.7. The summed E-state index contributed by atoms with van der Waals surface area (Å²) in [7, 11) is 0. The summed E-state index contributed by atoms with van der Waals surface area (Å²) in [4.78, 5) is 11.2. The van der Waals surface area contributed by atoms with Gasteiger partial charge in [0.25, 0.3) is 0 Å². The van der Waals surface area contributed by atoms with Gasteiger partial charge < -0.3 is 20.5 Å². The van der Waals surface area contributed by atoms with E-state index < -0.39 is 0 Å². The fourth-order valence-corrected chi connectivity index (χ4v) is 1.33. The molecule has 5 heteroatoms. The second-order valence-corrected chi connectivity index (χ2v) is 3.15. The van der Waals surface area contributed by atoms with E-state index in [4.69, 9.17) is 15.2 Å². The van der Waals surface area contributed by atoms with Crippen molar-refractivity contribution in [2.45, 2.75) is 6.42 Å². The van der Waals surface area contributed by atoms with E-state index >= 15 is 0 Å². The zero-order valence-corrected chi connectivity index (χ0v) is 8.16. The molecule has 1 aromatic rings. The Hall–Kier alpha value is -1.75. The Morgan fingerprint density at radius 1 is 1.40 bits per heavy atom. The van der Waals surface area contributed by atoms with Crippen LogP contribution < -0.4 is 20.5 Å². The van der Waals surface area contributed by atoms with E-state index in [0.717, 1.165) is 0 Å². The highest BCUT2D eigenvalue weighted by Crippen LogP contribution is 2.34. The zero-order valence-electron chi connectivity index (χ0n) is 8.16. The number of nitrogens with two attached hydrogens (primary N) is 1. The highest BCUT2D eigenvalue weighted by atomic mass is 16.7. The molecule has 1 amide bonds.